The van der Waals surface area contributed by atoms with Crippen LogP contribution in [0.5, 0.6) is 5.75 Å². The number of nitrogens with zero attached hydrogens (tertiary/aromatic N) is 2. The van der Waals surface area contributed by atoms with Gasteiger partial charge in [0.25, 0.3) is 0 Å². The van der Waals surface area contributed by atoms with Gasteiger partial charge in [-0.1, -0.05) is 24.3 Å². The molecule has 1 aliphatic heterocycles. The van der Waals surface area contributed by atoms with Gasteiger partial charge in [-0.05, 0) is 36.8 Å². The number of hydrogen-bond donors (Lipinski definition) is 1. The fourth-order valence-electron chi connectivity index (χ4n) is 3.48. The number of carbonyl (C=O) groups is 1. The van der Waals surface area contributed by atoms with Crippen LogP contribution in [0.25, 0.3) is 0 Å². The van der Waals surface area contributed by atoms with Gasteiger partial charge >= 0.3 is 5.97 Å². The third-order valence-electron chi connectivity index (χ3n) is 5.02. The van der Waals surface area contributed by atoms with Gasteiger partial charge in [0, 0.05) is 38.4 Å². The molecular formula is C22H28N2O4. The molecule has 0 aromatic heterocycles. The molecule has 1 atom stereocenters. The van der Waals surface area contributed by atoms with Crippen molar-refractivity contribution in [3.8, 4) is 5.75 Å². The minimum absolute atomic E-state index is 0.342. The van der Waals surface area contributed by atoms with E-state index >= 15 is 0 Å². The number of piperazine rings is 1. The second kappa shape index (κ2) is 9.57. The maximum absolute atomic E-state index is 12.0. The number of aliphatic hydroxyl groups is 1. The zero-order chi connectivity index (χ0) is 19.9. The topological polar surface area (TPSA) is 62.2 Å². The van der Waals surface area contributed by atoms with Crippen molar-refractivity contribution in [2.24, 2.45) is 0 Å². The second-order valence-corrected chi connectivity index (χ2v) is 6.82. The predicted molar refractivity (Wildman–Crippen MR) is 109 cm³/mol. The maximum atomic E-state index is 12.0. The number of β-amino-alcohol motifs (C(OH)–C–C–N with tert-alkyl or cyclic N) is 1. The van der Waals surface area contributed by atoms with Crippen LogP contribution in [0.15, 0.2) is 48.5 Å². The lowest BCUT2D eigenvalue weighted by molar-refractivity contribution is 0.0595. The standard InChI is InChI=1S/C22H28N2O4/c1-3-28-21-10-9-17(15-19(21)22(26)27-2)20(25)16-23-11-13-24(14-12-23)18-7-5-4-6-8-18/h4-10,15,20,25H,3,11-14,16H2,1-2H3. The number of anilines is 1. The molecule has 0 amide bonds. The van der Waals surface area contributed by atoms with Crippen LogP contribution in [0.4, 0.5) is 5.69 Å². The van der Waals surface area contributed by atoms with E-state index in [0.717, 1.165) is 26.2 Å². The van der Waals surface area contributed by atoms with E-state index < -0.39 is 12.1 Å². The molecule has 0 spiro atoms. The summed E-state index contributed by atoms with van der Waals surface area (Å²) in [4.78, 5) is 16.6. The molecule has 0 aliphatic carbocycles. The lowest BCUT2D eigenvalue weighted by Crippen LogP contribution is -2.47. The van der Waals surface area contributed by atoms with Crippen LogP contribution in [0, 0.1) is 0 Å². The predicted octanol–water partition coefficient (Wildman–Crippen LogP) is 2.73. The van der Waals surface area contributed by atoms with E-state index in [1.54, 1.807) is 12.1 Å². The number of rotatable bonds is 7. The molecule has 1 saturated heterocycles. The highest BCUT2D eigenvalue weighted by atomic mass is 16.5. The van der Waals surface area contributed by atoms with Crippen LogP contribution < -0.4 is 9.64 Å². The summed E-state index contributed by atoms with van der Waals surface area (Å²) in [6, 6.07) is 15.6. The largest absolute Gasteiger partial charge is 0.493 e. The summed E-state index contributed by atoms with van der Waals surface area (Å²) in [6.45, 7) is 6.45. The highest BCUT2D eigenvalue weighted by molar-refractivity contribution is 5.92. The zero-order valence-corrected chi connectivity index (χ0v) is 16.5. The molecule has 28 heavy (non-hydrogen) atoms. The van der Waals surface area contributed by atoms with Crippen LogP contribution in [0.3, 0.4) is 0 Å². The molecule has 1 aliphatic rings. The Labute approximate surface area is 166 Å². The Kier molecular flexibility index (Phi) is 6.90. The lowest BCUT2D eigenvalue weighted by atomic mass is 10.0. The van der Waals surface area contributed by atoms with Gasteiger partial charge in [-0.2, -0.15) is 0 Å². The Morgan fingerprint density at radius 2 is 1.82 bits per heavy atom. The number of para-hydroxylation sites is 1. The van der Waals surface area contributed by atoms with Gasteiger partial charge in [0.2, 0.25) is 0 Å². The van der Waals surface area contributed by atoms with Crippen LogP contribution in [-0.4, -0.2) is 62.4 Å². The van der Waals surface area contributed by atoms with Crippen molar-refractivity contribution in [2.45, 2.75) is 13.0 Å². The molecule has 1 unspecified atom stereocenters. The summed E-state index contributed by atoms with van der Waals surface area (Å²) >= 11 is 0. The van der Waals surface area contributed by atoms with Gasteiger partial charge in [-0.3, -0.25) is 4.90 Å². The first-order valence-electron chi connectivity index (χ1n) is 9.67. The first-order valence-corrected chi connectivity index (χ1v) is 9.67. The maximum Gasteiger partial charge on any atom is 0.341 e. The average Bonchev–Trinajstić information content (AvgIpc) is 2.74. The van der Waals surface area contributed by atoms with Gasteiger partial charge < -0.3 is 19.5 Å². The third-order valence-corrected chi connectivity index (χ3v) is 5.02. The van der Waals surface area contributed by atoms with Crippen molar-refractivity contribution in [1.29, 1.82) is 0 Å². The number of aliphatic hydroxyl groups excluding tert-OH is 1. The van der Waals surface area contributed by atoms with Gasteiger partial charge in [-0.25, -0.2) is 4.79 Å². The molecule has 1 heterocycles. The lowest BCUT2D eigenvalue weighted by Gasteiger charge is -2.37. The average molecular weight is 384 g/mol. The van der Waals surface area contributed by atoms with Crippen molar-refractivity contribution < 1.29 is 19.4 Å². The number of esters is 1. The number of methoxy groups -OCH3 is 1. The summed E-state index contributed by atoms with van der Waals surface area (Å²) in [7, 11) is 1.34. The molecule has 0 saturated carbocycles. The Hall–Kier alpha value is -2.57. The molecule has 3 rings (SSSR count). The Bertz CT molecular complexity index is 773. The van der Waals surface area contributed by atoms with E-state index in [2.05, 4.69) is 34.1 Å². The van der Waals surface area contributed by atoms with Crippen LogP contribution in [0.1, 0.15) is 28.9 Å². The molecule has 6 heteroatoms. The van der Waals surface area contributed by atoms with Crippen molar-refractivity contribution >= 4 is 11.7 Å². The zero-order valence-electron chi connectivity index (χ0n) is 16.5. The minimum atomic E-state index is -0.678. The molecule has 0 bridgehead atoms. The van der Waals surface area contributed by atoms with E-state index in [0.29, 0.717) is 30.0 Å². The Morgan fingerprint density at radius 1 is 1.11 bits per heavy atom. The highest BCUT2D eigenvalue weighted by Crippen LogP contribution is 2.25. The summed E-state index contributed by atoms with van der Waals surface area (Å²) in [5.41, 5.74) is 2.26. The second-order valence-electron chi connectivity index (χ2n) is 6.82. The van der Waals surface area contributed by atoms with Crippen molar-refractivity contribution in [2.75, 3.05) is 51.3 Å². The van der Waals surface area contributed by atoms with Crippen molar-refractivity contribution in [3.05, 3.63) is 59.7 Å². The number of hydrogen-bond acceptors (Lipinski definition) is 6. The molecular weight excluding hydrogens is 356 g/mol. The van der Waals surface area contributed by atoms with E-state index in [4.69, 9.17) is 9.47 Å². The van der Waals surface area contributed by atoms with Gasteiger partial charge in [-0.15, -0.1) is 0 Å². The first kappa shape index (κ1) is 20.2. The van der Waals surface area contributed by atoms with Gasteiger partial charge in [0.05, 0.1) is 19.8 Å². The van der Waals surface area contributed by atoms with Gasteiger partial charge in [0.15, 0.2) is 0 Å². The Balaban J connectivity index is 1.62. The molecule has 1 fully saturated rings. The van der Waals surface area contributed by atoms with Crippen LogP contribution >= 0.6 is 0 Å². The van der Waals surface area contributed by atoms with Crippen molar-refractivity contribution in [1.82, 2.24) is 4.90 Å². The molecule has 1 N–H and O–H groups in total. The molecule has 150 valence electrons. The fourth-order valence-corrected chi connectivity index (χ4v) is 3.48. The number of carbonyl (C=O) groups excluding carboxylic acids is 1. The molecule has 6 nitrogen and oxygen atoms in total. The first-order chi connectivity index (χ1) is 13.6. The third kappa shape index (κ3) is 4.82. The van der Waals surface area contributed by atoms with E-state index in [1.165, 1.54) is 12.8 Å². The van der Waals surface area contributed by atoms with Crippen LogP contribution in [-0.2, 0) is 4.74 Å². The Morgan fingerprint density at radius 3 is 2.46 bits per heavy atom. The molecule has 0 radical (unpaired) electrons. The molecule has 2 aromatic rings. The monoisotopic (exact) mass is 384 g/mol. The van der Waals surface area contributed by atoms with Crippen LogP contribution in [0.2, 0.25) is 0 Å². The summed E-state index contributed by atoms with van der Waals surface area (Å²) in [5, 5.41) is 10.7. The molecule has 2 aromatic carbocycles. The van der Waals surface area contributed by atoms with E-state index in [-0.39, 0.29) is 0 Å². The minimum Gasteiger partial charge on any atom is -0.493 e. The summed E-state index contributed by atoms with van der Waals surface area (Å²) in [6.07, 6.45) is -0.678. The normalized spacial score (nSPS) is 15.9. The number of ether oxygens (including phenoxy) is 2. The van der Waals surface area contributed by atoms with E-state index in [9.17, 15) is 9.90 Å². The summed E-state index contributed by atoms with van der Waals surface area (Å²) in [5.74, 6) is 0.00995. The highest BCUT2D eigenvalue weighted by Gasteiger charge is 2.22. The number of benzene rings is 2. The van der Waals surface area contributed by atoms with Gasteiger partial charge in [0.1, 0.15) is 11.3 Å². The fraction of sp³-hybridized carbons (Fsp3) is 0.409. The SMILES string of the molecule is CCOc1ccc(C(O)CN2CCN(c3ccccc3)CC2)cc1C(=O)OC. The quantitative estimate of drug-likeness (QED) is 0.741. The summed E-state index contributed by atoms with van der Waals surface area (Å²) < 4.78 is 10.3. The van der Waals surface area contributed by atoms with Crippen molar-refractivity contribution in [3.63, 3.8) is 0 Å². The smallest absolute Gasteiger partial charge is 0.341 e. The van der Waals surface area contributed by atoms with E-state index in [1.807, 2.05) is 19.1 Å².